The van der Waals surface area contributed by atoms with E-state index in [1.54, 1.807) is 0 Å². The molecule has 0 bridgehead atoms. The molecule has 1 N–H and O–H groups in total. The fourth-order valence-corrected chi connectivity index (χ4v) is 3.98. The maximum Gasteiger partial charge on any atom is 0.255 e. The maximum atomic E-state index is 13.0. The van der Waals surface area contributed by atoms with Gasteiger partial charge in [0.05, 0.1) is 0 Å². The molecule has 0 radical (unpaired) electrons. The molecule has 0 unspecified atom stereocenters. The Morgan fingerprint density at radius 3 is 2.57 bits per heavy atom. The third-order valence-corrected chi connectivity index (χ3v) is 5.54. The number of hydrogen-bond donors (Lipinski definition) is 1. The van der Waals surface area contributed by atoms with Crippen molar-refractivity contribution in [2.24, 2.45) is 0 Å². The number of amides is 1. The minimum Gasteiger partial charge on any atom is -0.461 e. The molecule has 0 atom stereocenters. The van der Waals surface area contributed by atoms with Crippen LogP contribution < -0.4 is 5.32 Å². The van der Waals surface area contributed by atoms with E-state index in [9.17, 15) is 9.18 Å². The van der Waals surface area contributed by atoms with Gasteiger partial charge in [-0.05, 0) is 48.0 Å². The van der Waals surface area contributed by atoms with Crippen molar-refractivity contribution in [3.63, 3.8) is 0 Å². The van der Waals surface area contributed by atoms with E-state index in [1.807, 2.05) is 36.4 Å². The number of carbonyl (C=O) groups excluding carboxylic acids is 1. The van der Waals surface area contributed by atoms with Crippen LogP contribution in [0.2, 0.25) is 0 Å². The number of nitrogens with zero attached hydrogens (tertiary/aromatic N) is 1. The largest absolute Gasteiger partial charge is 0.461 e. The van der Waals surface area contributed by atoms with Gasteiger partial charge < -0.3 is 9.73 Å². The van der Waals surface area contributed by atoms with Gasteiger partial charge >= 0.3 is 0 Å². The van der Waals surface area contributed by atoms with Gasteiger partial charge in [0.25, 0.3) is 5.91 Å². The van der Waals surface area contributed by atoms with Gasteiger partial charge in [-0.2, -0.15) is 0 Å². The number of benzene rings is 3. The van der Waals surface area contributed by atoms with Crippen molar-refractivity contribution in [2.45, 2.75) is 19.5 Å². The van der Waals surface area contributed by atoms with Crippen molar-refractivity contribution in [3.05, 3.63) is 101 Å². The molecule has 1 aliphatic heterocycles. The summed E-state index contributed by atoms with van der Waals surface area (Å²) in [4.78, 5) is 14.7. The van der Waals surface area contributed by atoms with E-state index < -0.39 is 0 Å². The number of halogens is 1. The third kappa shape index (κ3) is 3.72. The van der Waals surface area contributed by atoms with Gasteiger partial charge in [0.1, 0.15) is 17.2 Å². The molecule has 0 aliphatic carbocycles. The Hall–Kier alpha value is -3.44. The van der Waals surface area contributed by atoms with Crippen LogP contribution in [0.3, 0.4) is 0 Å². The summed E-state index contributed by atoms with van der Waals surface area (Å²) in [6.45, 7) is 2.66. The highest BCUT2D eigenvalue weighted by molar-refractivity contribution is 6.04. The topological polar surface area (TPSA) is 45.5 Å². The monoisotopic (exact) mass is 400 g/mol. The standard InChI is InChI=1S/C25H21FN2O2/c26-19-9-7-18(8-10-19)25(29)27-20-11-5-17(6-12-20)15-28-14-13-24-22(16-28)21-3-1-2-4-23(21)30-24/h1-12H,13-16H2,(H,27,29). The summed E-state index contributed by atoms with van der Waals surface area (Å²) in [5, 5.41) is 4.06. The first-order chi connectivity index (χ1) is 14.7. The molecule has 2 heterocycles. The maximum absolute atomic E-state index is 13.0. The summed E-state index contributed by atoms with van der Waals surface area (Å²) in [7, 11) is 0. The van der Waals surface area contributed by atoms with Crippen molar-refractivity contribution >= 4 is 22.6 Å². The Morgan fingerprint density at radius 2 is 1.77 bits per heavy atom. The fraction of sp³-hybridized carbons (Fsp3) is 0.160. The van der Waals surface area contributed by atoms with E-state index in [-0.39, 0.29) is 11.7 Å². The molecule has 1 aliphatic rings. The summed E-state index contributed by atoms with van der Waals surface area (Å²) < 4.78 is 19.0. The molecule has 150 valence electrons. The molecule has 0 spiro atoms. The van der Waals surface area contributed by atoms with Gasteiger partial charge in [0.15, 0.2) is 0 Å². The Kier molecular flexibility index (Phi) is 4.81. The number of carbonyl (C=O) groups is 1. The van der Waals surface area contributed by atoms with E-state index in [0.717, 1.165) is 43.1 Å². The predicted octanol–water partition coefficient (Wildman–Crippen LogP) is 5.38. The molecule has 0 saturated heterocycles. The molecular formula is C25H21FN2O2. The second kappa shape index (κ2) is 7.76. The lowest BCUT2D eigenvalue weighted by atomic mass is 10.0. The first kappa shape index (κ1) is 18.6. The lowest BCUT2D eigenvalue weighted by Gasteiger charge is -2.26. The quantitative estimate of drug-likeness (QED) is 0.500. The van der Waals surface area contributed by atoms with Gasteiger partial charge in [-0.1, -0.05) is 30.3 Å². The molecule has 1 amide bonds. The van der Waals surface area contributed by atoms with Gasteiger partial charge in [0, 0.05) is 48.3 Å². The normalized spacial score (nSPS) is 13.9. The highest BCUT2D eigenvalue weighted by atomic mass is 19.1. The highest BCUT2D eigenvalue weighted by Gasteiger charge is 2.22. The Balaban J connectivity index is 1.24. The van der Waals surface area contributed by atoms with Crippen LogP contribution in [0.15, 0.2) is 77.2 Å². The molecule has 3 aromatic carbocycles. The lowest BCUT2D eigenvalue weighted by molar-refractivity contribution is 0.102. The van der Waals surface area contributed by atoms with Crippen LogP contribution in [0.1, 0.15) is 27.2 Å². The van der Waals surface area contributed by atoms with Crippen LogP contribution in [0, 0.1) is 5.82 Å². The Morgan fingerprint density at radius 1 is 1.00 bits per heavy atom. The van der Waals surface area contributed by atoms with Crippen LogP contribution in [-0.4, -0.2) is 17.4 Å². The summed E-state index contributed by atoms with van der Waals surface area (Å²) in [5.74, 6) is 0.494. The summed E-state index contributed by atoms with van der Waals surface area (Å²) in [6, 6.07) is 21.6. The van der Waals surface area contributed by atoms with Crippen molar-refractivity contribution in [3.8, 4) is 0 Å². The van der Waals surface area contributed by atoms with Crippen LogP contribution in [0.4, 0.5) is 10.1 Å². The molecule has 4 aromatic rings. The second-order valence-electron chi connectivity index (χ2n) is 7.62. The van der Waals surface area contributed by atoms with E-state index in [4.69, 9.17) is 4.42 Å². The molecule has 4 nitrogen and oxygen atoms in total. The molecule has 0 fully saturated rings. The number of anilines is 1. The van der Waals surface area contributed by atoms with Crippen molar-refractivity contribution in [1.29, 1.82) is 0 Å². The number of fused-ring (bicyclic) bond motifs is 3. The van der Waals surface area contributed by atoms with Crippen LogP contribution in [0.5, 0.6) is 0 Å². The second-order valence-corrected chi connectivity index (χ2v) is 7.62. The molecule has 5 rings (SSSR count). The Labute approximate surface area is 173 Å². The minimum absolute atomic E-state index is 0.252. The van der Waals surface area contributed by atoms with Gasteiger partial charge in [-0.25, -0.2) is 4.39 Å². The van der Waals surface area contributed by atoms with Crippen LogP contribution in [0.25, 0.3) is 11.0 Å². The van der Waals surface area contributed by atoms with Crippen molar-refractivity contribution in [1.82, 2.24) is 4.90 Å². The lowest BCUT2D eigenvalue weighted by Crippen LogP contribution is -2.29. The first-order valence-corrected chi connectivity index (χ1v) is 10.0. The van der Waals surface area contributed by atoms with Gasteiger partial charge in [-0.15, -0.1) is 0 Å². The molecule has 0 saturated carbocycles. The van der Waals surface area contributed by atoms with Crippen molar-refractivity contribution in [2.75, 3.05) is 11.9 Å². The van der Waals surface area contributed by atoms with Gasteiger partial charge in [-0.3, -0.25) is 9.69 Å². The highest BCUT2D eigenvalue weighted by Crippen LogP contribution is 2.31. The van der Waals surface area contributed by atoms with E-state index >= 15 is 0 Å². The zero-order chi connectivity index (χ0) is 20.5. The summed E-state index contributed by atoms with van der Waals surface area (Å²) >= 11 is 0. The smallest absolute Gasteiger partial charge is 0.255 e. The third-order valence-electron chi connectivity index (χ3n) is 5.54. The number of para-hydroxylation sites is 1. The zero-order valence-electron chi connectivity index (χ0n) is 16.4. The molecule has 30 heavy (non-hydrogen) atoms. The number of rotatable bonds is 4. The van der Waals surface area contributed by atoms with Crippen LogP contribution in [-0.2, 0) is 19.5 Å². The van der Waals surface area contributed by atoms with Crippen molar-refractivity contribution < 1.29 is 13.6 Å². The first-order valence-electron chi connectivity index (χ1n) is 10.0. The van der Waals surface area contributed by atoms with Crippen LogP contribution >= 0.6 is 0 Å². The predicted molar refractivity (Wildman–Crippen MR) is 115 cm³/mol. The molecule has 5 heteroatoms. The minimum atomic E-state index is -0.357. The molecule has 1 aromatic heterocycles. The average Bonchev–Trinajstić information content (AvgIpc) is 3.14. The summed E-state index contributed by atoms with van der Waals surface area (Å²) in [6.07, 6.45) is 0.913. The number of furan rings is 1. The summed E-state index contributed by atoms with van der Waals surface area (Å²) in [5.41, 5.74) is 4.59. The Bertz CT molecular complexity index is 1200. The fourth-order valence-electron chi connectivity index (χ4n) is 3.98. The average molecular weight is 400 g/mol. The van der Waals surface area contributed by atoms with E-state index in [1.165, 1.54) is 40.8 Å². The zero-order valence-corrected chi connectivity index (χ0v) is 16.4. The number of hydrogen-bond acceptors (Lipinski definition) is 3. The molecular weight excluding hydrogens is 379 g/mol. The van der Waals surface area contributed by atoms with Gasteiger partial charge in [0.2, 0.25) is 0 Å². The number of nitrogens with one attached hydrogen (secondary N) is 1. The van der Waals surface area contributed by atoms with E-state index in [2.05, 4.69) is 22.3 Å². The van der Waals surface area contributed by atoms with E-state index in [0.29, 0.717) is 5.56 Å². The SMILES string of the molecule is O=C(Nc1ccc(CN2CCc3oc4ccccc4c3C2)cc1)c1ccc(F)cc1.